The van der Waals surface area contributed by atoms with E-state index in [4.69, 9.17) is 11.6 Å². The maximum Gasteiger partial charge on any atom is 0.230 e. The summed E-state index contributed by atoms with van der Waals surface area (Å²) in [7, 11) is 0. The van der Waals surface area contributed by atoms with Crippen LogP contribution in [0.3, 0.4) is 0 Å². The highest BCUT2D eigenvalue weighted by atomic mass is 35.5. The largest absolute Gasteiger partial charge is 0.391 e. The van der Waals surface area contributed by atoms with Crippen LogP contribution in [0.25, 0.3) is 0 Å². The molecule has 20 heavy (non-hydrogen) atoms. The number of amides is 1. The van der Waals surface area contributed by atoms with E-state index in [-0.39, 0.29) is 5.91 Å². The number of hydrogen-bond donors (Lipinski definition) is 2. The summed E-state index contributed by atoms with van der Waals surface area (Å²) in [5.74, 6) is 0.0289. The van der Waals surface area contributed by atoms with Crippen molar-refractivity contribution < 1.29 is 9.90 Å². The van der Waals surface area contributed by atoms with Crippen LogP contribution in [0.15, 0.2) is 24.3 Å². The van der Waals surface area contributed by atoms with Gasteiger partial charge >= 0.3 is 0 Å². The Balaban J connectivity index is 2.03. The Bertz CT molecular complexity index is 454. The Kier molecular flexibility index (Phi) is 5.06. The summed E-state index contributed by atoms with van der Waals surface area (Å²) in [5.41, 5.74) is 0.604. The van der Waals surface area contributed by atoms with Crippen molar-refractivity contribution in [3.05, 3.63) is 34.9 Å². The molecule has 1 aliphatic rings. The molecule has 2 rings (SSSR count). The first-order chi connectivity index (χ1) is 9.58. The molecule has 1 amide bonds. The van der Waals surface area contributed by atoms with Crippen molar-refractivity contribution in [2.45, 2.75) is 50.5 Å². The summed E-state index contributed by atoms with van der Waals surface area (Å²) >= 11 is 5.91. The van der Waals surface area contributed by atoms with Gasteiger partial charge in [0.2, 0.25) is 5.91 Å². The van der Waals surface area contributed by atoms with E-state index < -0.39 is 11.5 Å². The highest BCUT2D eigenvalue weighted by Gasteiger charge is 2.45. The van der Waals surface area contributed by atoms with Gasteiger partial charge in [-0.2, -0.15) is 0 Å². The van der Waals surface area contributed by atoms with E-state index in [1.165, 1.54) is 0 Å². The Morgan fingerprint density at radius 2 is 2.05 bits per heavy atom. The SMILES string of the molecule is CCCC(O)CNC(=O)C1(c2ccc(Cl)cc2)CCC1. The molecule has 1 atom stereocenters. The second-order valence-electron chi connectivity index (χ2n) is 5.60. The molecule has 1 fully saturated rings. The summed E-state index contributed by atoms with van der Waals surface area (Å²) in [6, 6.07) is 7.53. The predicted molar refractivity (Wildman–Crippen MR) is 80.9 cm³/mol. The Morgan fingerprint density at radius 1 is 1.40 bits per heavy atom. The van der Waals surface area contributed by atoms with Gasteiger partial charge < -0.3 is 10.4 Å². The fourth-order valence-electron chi connectivity index (χ4n) is 2.76. The first-order valence-electron chi connectivity index (χ1n) is 7.31. The van der Waals surface area contributed by atoms with Crippen LogP contribution < -0.4 is 5.32 Å². The molecule has 1 aromatic carbocycles. The van der Waals surface area contributed by atoms with E-state index in [1.807, 2.05) is 31.2 Å². The molecule has 0 bridgehead atoms. The van der Waals surface area contributed by atoms with Crippen molar-refractivity contribution in [1.82, 2.24) is 5.32 Å². The van der Waals surface area contributed by atoms with Gasteiger partial charge in [0.05, 0.1) is 11.5 Å². The standard InChI is InChI=1S/C16H22ClNO2/c1-2-4-14(19)11-18-15(20)16(9-3-10-16)12-5-7-13(17)8-6-12/h5-8,14,19H,2-4,9-11H2,1H3,(H,18,20). The van der Waals surface area contributed by atoms with Crippen LogP contribution >= 0.6 is 11.6 Å². The van der Waals surface area contributed by atoms with Crippen molar-refractivity contribution in [3.8, 4) is 0 Å². The van der Waals surface area contributed by atoms with Crippen molar-refractivity contribution in [3.63, 3.8) is 0 Å². The summed E-state index contributed by atoms with van der Waals surface area (Å²) in [4.78, 5) is 12.5. The molecule has 0 aliphatic heterocycles. The highest BCUT2D eigenvalue weighted by Crippen LogP contribution is 2.44. The molecule has 3 nitrogen and oxygen atoms in total. The molecule has 2 N–H and O–H groups in total. The third-order valence-electron chi connectivity index (χ3n) is 4.16. The topological polar surface area (TPSA) is 49.3 Å². The highest BCUT2D eigenvalue weighted by molar-refractivity contribution is 6.30. The number of aliphatic hydroxyl groups is 1. The molecular weight excluding hydrogens is 274 g/mol. The molecular formula is C16H22ClNO2. The van der Waals surface area contributed by atoms with E-state index in [0.717, 1.165) is 31.2 Å². The van der Waals surface area contributed by atoms with E-state index in [2.05, 4.69) is 5.32 Å². The summed E-state index contributed by atoms with van der Waals surface area (Å²) in [5, 5.41) is 13.3. The Hall–Kier alpha value is -1.06. The van der Waals surface area contributed by atoms with Gasteiger partial charge in [0, 0.05) is 11.6 Å². The molecule has 4 heteroatoms. The molecule has 1 aromatic rings. The minimum Gasteiger partial charge on any atom is -0.391 e. The average molecular weight is 296 g/mol. The average Bonchev–Trinajstić information content (AvgIpc) is 2.38. The lowest BCUT2D eigenvalue weighted by Crippen LogP contribution is -2.50. The van der Waals surface area contributed by atoms with Gasteiger partial charge in [0.25, 0.3) is 0 Å². The van der Waals surface area contributed by atoms with Crippen LogP contribution in [0, 0.1) is 0 Å². The maximum atomic E-state index is 12.5. The smallest absolute Gasteiger partial charge is 0.230 e. The number of nitrogens with one attached hydrogen (secondary N) is 1. The van der Waals surface area contributed by atoms with Crippen LogP contribution in [0.5, 0.6) is 0 Å². The lowest BCUT2D eigenvalue weighted by atomic mass is 9.64. The van der Waals surface area contributed by atoms with Gasteiger partial charge in [-0.1, -0.05) is 43.5 Å². The lowest BCUT2D eigenvalue weighted by molar-refractivity contribution is -0.130. The van der Waals surface area contributed by atoms with Crippen LogP contribution in [0.1, 0.15) is 44.6 Å². The van der Waals surface area contributed by atoms with Crippen molar-refractivity contribution >= 4 is 17.5 Å². The number of carbonyl (C=O) groups excluding carboxylic acids is 1. The van der Waals surface area contributed by atoms with E-state index in [9.17, 15) is 9.90 Å². The monoisotopic (exact) mass is 295 g/mol. The minimum absolute atomic E-state index is 0.0289. The number of rotatable bonds is 6. The number of halogens is 1. The van der Waals surface area contributed by atoms with Crippen LogP contribution in [-0.2, 0) is 10.2 Å². The van der Waals surface area contributed by atoms with Gasteiger partial charge in [-0.25, -0.2) is 0 Å². The minimum atomic E-state index is -0.453. The summed E-state index contributed by atoms with van der Waals surface area (Å²) in [6.45, 7) is 2.36. The van der Waals surface area contributed by atoms with Crippen molar-refractivity contribution in [2.24, 2.45) is 0 Å². The van der Waals surface area contributed by atoms with Crippen LogP contribution in [-0.4, -0.2) is 23.7 Å². The number of benzene rings is 1. The molecule has 1 saturated carbocycles. The predicted octanol–water partition coefficient (Wildman–Crippen LogP) is 3.04. The van der Waals surface area contributed by atoms with Gasteiger partial charge in [-0.15, -0.1) is 0 Å². The van der Waals surface area contributed by atoms with Gasteiger partial charge in [0.15, 0.2) is 0 Å². The van der Waals surface area contributed by atoms with Gasteiger partial charge in [0.1, 0.15) is 0 Å². The second kappa shape index (κ2) is 6.59. The molecule has 0 saturated heterocycles. The molecule has 1 aliphatic carbocycles. The number of aliphatic hydroxyl groups excluding tert-OH is 1. The Labute approximate surface area is 125 Å². The maximum absolute atomic E-state index is 12.5. The van der Waals surface area contributed by atoms with E-state index in [0.29, 0.717) is 18.0 Å². The zero-order valence-electron chi connectivity index (χ0n) is 11.9. The fourth-order valence-corrected chi connectivity index (χ4v) is 2.89. The lowest BCUT2D eigenvalue weighted by Gasteiger charge is -2.41. The zero-order chi connectivity index (χ0) is 14.6. The van der Waals surface area contributed by atoms with Gasteiger partial charge in [-0.05, 0) is 37.0 Å². The normalized spacial score (nSPS) is 18.1. The van der Waals surface area contributed by atoms with E-state index >= 15 is 0 Å². The second-order valence-corrected chi connectivity index (χ2v) is 6.03. The molecule has 0 radical (unpaired) electrons. The first-order valence-corrected chi connectivity index (χ1v) is 7.68. The first kappa shape index (κ1) is 15.3. The molecule has 0 aromatic heterocycles. The van der Waals surface area contributed by atoms with Gasteiger partial charge in [-0.3, -0.25) is 4.79 Å². The number of hydrogen-bond acceptors (Lipinski definition) is 2. The van der Waals surface area contributed by atoms with Crippen LogP contribution in [0.2, 0.25) is 5.02 Å². The van der Waals surface area contributed by atoms with Crippen LogP contribution in [0.4, 0.5) is 0 Å². The third-order valence-corrected chi connectivity index (χ3v) is 4.41. The quantitative estimate of drug-likeness (QED) is 0.847. The fraction of sp³-hybridized carbons (Fsp3) is 0.562. The molecule has 110 valence electrons. The number of carbonyl (C=O) groups is 1. The van der Waals surface area contributed by atoms with Crippen molar-refractivity contribution in [2.75, 3.05) is 6.54 Å². The van der Waals surface area contributed by atoms with E-state index in [1.54, 1.807) is 0 Å². The third kappa shape index (κ3) is 3.15. The summed E-state index contributed by atoms with van der Waals surface area (Å²) < 4.78 is 0. The molecule has 0 heterocycles. The van der Waals surface area contributed by atoms with Crippen molar-refractivity contribution in [1.29, 1.82) is 0 Å². The summed E-state index contributed by atoms with van der Waals surface area (Å²) in [6.07, 6.45) is 3.97. The zero-order valence-corrected chi connectivity index (χ0v) is 12.6. The molecule has 1 unspecified atom stereocenters. The Morgan fingerprint density at radius 3 is 2.55 bits per heavy atom. The molecule has 0 spiro atoms.